The minimum Gasteiger partial charge on any atom is -0.340 e. The summed E-state index contributed by atoms with van der Waals surface area (Å²) in [5.41, 5.74) is 10.2. The van der Waals surface area contributed by atoms with Crippen molar-refractivity contribution in [1.29, 1.82) is 0 Å². The van der Waals surface area contributed by atoms with Gasteiger partial charge in [0.2, 0.25) is 0 Å². The molecular formula is C42H51NO. The fourth-order valence-electron chi connectivity index (χ4n) is 7.51. The Labute approximate surface area is 266 Å². The summed E-state index contributed by atoms with van der Waals surface area (Å²) in [6.07, 6.45) is 18.7. The number of carbonyl (C=O) groups is 1. The minimum atomic E-state index is 0.0526. The van der Waals surface area contributed by atoms with Crippen molar-refractivity contribution in [2.24, 2.45) is 0 Å². The molecule has 2 heteroatoms. The molecule has 1 aromatic heterocycles. The van der Waals surface area contributed by atoms with Crippen molar-refractivity contribution in [1.82, 2.24) is 4.57 Å². The second kappa shape index (κ2) is 15.4. The zero-order chi connectivity index (χ0) is 30.8. The first kappa shape index (κ1) is 31.8. The third-order valence-corrected chi connectivity index (χ3v) is 9.79. The van der Waals surface area contributed by atoms with Gasteiger partial charge in [-0.3, -0.25) is 4.79 Å². The number of hydrogen-bond donors (Lipinski definition) is 0. The van der Waals surface area contributed by atoms with E-state index in [9.17, 15) is 4.79 Å². The maximum absolute atomic E-state index is 11.1. The number of aryl methyl sites for hydroxylation is 1. The van der Waals surface area contributed by atoms with E-state index in [2.05, 4.69) is 79.6 Å². The molecule has 1 heterocycles. The van der Waals surface area contributed by atoms with E-state index in [1.165, 1.54) is 112 Å². The Morgan fingerprint density at radius 1 is 0.682 bits per heavy atom. The Kier molecular flexibility index (Phi) is 11.2. The quantitative estimate of drug-likeness (QED) is 0.0728. The van der Waals surface area contributed by atoms with Crippen molar-refractivity contribution >= 4 is 17.2 Å². The topological polar surface area (TPSA) is 22.0 Å². The van der Waals surface area contributed by atoms with Crippen LogP contribution in [0.3, 0.4) is 0 Å². The number of hydrogen-bond acceptors (Lipinski definition) is 1. The Morgan fingerprint density at radius 2 is 1.30 bits per heavy atom. The molecule has 0 fully saturated rings. The highest BCUT2D eigenvalue weighted by atomic mass is 16.1. The molecule has 0 bridgehead atoms. The maximum Gasteiger partial charge on any atom is 0.150 e. The molecule has 44 heavy (non-hydrogen) atoms. The van der Waals surface area contributed by atoms with Gasteiger partial charge in [-0.2, -0.15) is 0 Å². The van der Waals surface area contributed by atoms with Gasteiger partial charge >= 0.3 is 0 Å². The van der Waals surface area contributed by atoms with Crippen molar-refractivity contribution in [2.75, 3.05) is 0 Å². The van der Waals surface area contributed by atoms with Gasteiger partial charge in [0.25, 0.3) is 0 Å². The van der Waals surface area contributed by atoms with Gasteiger partial charge in [0.05, 0.1) is 5.69 Å². The molecule has 2 nitrogen and oxygen atoms in total. The van der Waals surface area contributed by atoms with Crippen LogP contribution in [0.2, 0.25) is 0 Å². The van der Waals surface area contributed by atoms with Crippen LogP contribution >= 0.6 is 0 Å². The summed E-state index contributed by atoms with van der Waals surface area (Å²) in [7, 11) is 0. The molecular weight excluding hydrogens is 534 g/mol. The molecule has 0 spiro atoms. The molecule has 0 saturated heterocycles. The van der Waals surface area contributed by atoms with Gasteiger partial charge in [0.1, 0.15) is 6.29 Å². The summed E-state index contributed by atoms with van der Waals surface area (Å²) in [5.74, 6) is 6.83. The average molecular weight is 586 g/mol. The summed E-state index contributed by atoms with van der Waals surface area (Å²) in [6.45, 7) is 7.99. The molecule has 1 aliphatic carbocycles. The predicted molar refractivity (Wildman–Crippen MR) is 188 cm³/mol. The fourth-order valence-corrected chi connectivity index (χ4v) is 7.51. The van der Waals surface area contributed by atoms with Gasteiger partial charge in [-0.05, 0) is 60.7 Å². The van der Waals surface area contributed by atoms with Gasteiger partial charge in [-0.25, -0.2) is 0 Å². The molecule has 4 aromatic rings. The Hall–Kier alpha value is -3.57. The fraction of sp³-hybridized carbons (Fsp3) is 0.452. The first-order valence-corrected chi connectivity index (χ1v) is 17.5. The number of aldehydes is 1. The lowest BCUT2D eigenvalue weighted by atomic mass is 9.70. The van der Waals surface area contributed by atoms with Crippen molar-refractivity contribution < 1.29 is 4.79 Å². The summed E-state index contributed by atoms with van der Waals surface area (Å²) in [5, 5.41) is 1.40. The zero-order valence-electron chi connectivity index (χ0n) is 27.4. The van der Waals surface area contributed by atoms with E-state index in [4.69, 9.17) is 0 Å². The molecule has 5 rings (SSSR count). The smallest absolute Gasteiger partial charge is 0.150 e. The number of rotatable bonds is 16. The van der Waals surface area contributed by atoms with Gasteiger partial charge in [-0.15, -0.1) is 0 Å². The molecule has 0 aliphatic heterocycles. The van der Waals surface area contributed by atoms with E-state index in [1.54, 1.807) is 11.1 Å². The van der Waals surface area contributed by atoms with E-state index in [0.717, 1.165) is 24.0 Å². The Morgan fingerprint density at radius 3 is 1.95 bits per heavy atom. The molecule has 0 amide bonds. The van der Waals surface area contributed by atoms with Crippen molar-refractivity contribution in [3.8, 4) is 23.1 Å². The summed E-state index contributed by atoms with van der Waals surface area (Å²) in [4.78, 5) is 11.1. The first-order valence-electron chi connectivity index (χ1n) is 17.5. The number of carbonyl (C=O) groups excluding carboxylic acids is 1. The zero-order valence-corrected chi connectivity index (χ0v) is 27.4. The van der Waals surface area contributed by atoms with Crippen LogP contribution in [0.15, 0.2) is 66.7 Å². The molecule has 0 unspecified atom stereocenters. The van der Waals surface area contributed by atoms with Crippen molar-refractivity contribution in [2.45, 2.75) is 123 Å². The van der Waals surface area contributed by atoms with Crippen molar-refractivity contribution in [3.63, 3.8) is 0 Å². The minimum absolute atomic E-state index is 0.0526. The highest BCUT2D eigenvalue weighted by Crippen LogP contribution is 2.57. The number of nitrogens with zero attached hydrogens (tertiary/aromatic N) is 1. The molecule has 0 saturated carbocycles. The van der Waals surface area contributed by atoms with Crippen LogP contribution in [-0.2, 0) is 12.0 Å². The lowest BCUT2D eigenvalue weighted by molar-refractivity contribution is 0.112. The number of aromatic nitrogens is 1. The Bertz CT molecular complexity index is 1580. The van der Waals surface area contributed by atoms with E-state index in [-0.39, 0.29) is 5.41 Å². The largest absolute Gasteiger partial charge is 0.340 e. The van der Waals surface area contributed by atoms with E-state index < -0.39 is 0 Å². The lowest BCUT2D eigenvalue weighted by Gasteiger charge is -2.32. The van der Waals surface area contributed by atoms with Gasteiger partial charge in [-0.1, -0.05) is 140 Å². The predicted octanol–water partition coefficient (Wildman–Crippen LogP) is 11.6. The van der Waals surface area contributed by atoms with Crippen LogP contribution in [0.5, 0.6) is 0 Å². The third kappa shape index (κ3) is 6.73. The van der Waals surface area contributed by atoms with Gasteiger partial charge in [0.15, 0.2) is 0 Å². The Balaban J connectivity index is 1.66. The number of unbranched alkanes of at least 4 members (excludes halogenated alkanes) is 9. The van der Waals surface area contributed by atoms with Gasteiger partial charge < -0.3 is 4.57 Å². The van der Waals surface area contributed by atoms with Crippen LogP contribution in [-0.4, -0.2) is 10.9 Å². The van der Waals surface area contributed by atoms with E-state index >= 15 is 0 Å². The molecule has 3 aromatic carbocycles. The van der Waals surface area contributed by atoms with E-state index in [0.29, 0.717) is 5.56 Å². The molecule has 230 valence electrons. The summed E-state index contributed by atoms with van der Waals surface area (Å²) < 4.78 is 2.67. The number of benzene rings is 3. The highest BCUT2D eigenvalue weighted by molar-refractivity contribution is 5.98. The summed E-state index contributed by atoms with van der Waals surface area (Å²) in [6, 6.07) is 23.9. The standard InChI is InChI=1S/C42H51NO/c1-4-7-10-15-28-42(29-16-11-8-5-2)38-19-14-13-18-36(38)41-40(42)37-31-34(23-20-33-21-24-35(32-44)25-22-33)26-27-39(37)43(41)30-17-12-9-6-3/h13-14,18-19,21-22,24-27,31-32H,4-12,15-17,28-30H2,1-3H3. The van der Waals surface area contributed by atoms with Crippen LogP contribution in [0.1, 0.15) is 143 Å². The molecule has 0 N–H and O–H groups in total. The molecule has 0 atom stereocenters. The second-order valence-electron chi connectivity index (χ2n) is 12.9. The van der Waals surface area contributed by atoms with Crippen LogP contribution in [0.4, 0.5) is 0 Å². The lowest BCUT2D eigenvalue weighted by Crippen LogP contribution is -2.25. The maximum atomic E-state index is 11.1. The van der Waals surface area contributed by atoms with Crippen molar-refractivity contribution in [3.05, 3.63) is 94.5 Å². The van der Waals surface area contributed by atoms with E-state index in [1.807, 2.05) is 24.3 Å². The normalized spacial score (nSPS) is 13.0. The van der Waals surface area contributed by atoms with Crippen LogP contribution in [0.25, 0.3) is 22.2 Å². The molecule has 0 radical (unpaired) electrons. The second-order valence-corrected chi connectivity index (χ2v) is 12.9. The van der Waals surface area contributed by atoms with Crippen LogP contribution in [0, 0.1) is 11.8 Å². The van der Waals surface area contributed by atoms with Gasteiger partial charge in [0, 0.05) is 45.1 Å². The third-order valence-electron chi connectivity index (χ3n) is 9.79. The number of fused-ring (bicyclic) bond motifs is 5. The first-order chi connectivity index (χ1) is 21.7. The monoisotopic (exact) mass is 585 g/mol. The van der Waals surface area contributed by atoms with Crippen LogP contribution < -0.4 is 0 Å². The average Bonchev–Trinajstić information content (AvgIpc) is 3.53. The highest BCUT2D eigenvalue weighted by Gasteiger charge is 2.45. The summed E-state index contributed by atoms with van der Waals surface area (Å²) >= 11 is 0. The SMILES string of the molecule is CCCCCCn1c2c(c3cc(C#Cc4ccc(C=O)cc4)ccc31)C(CCCCCC)(CCCCCC)c1ccccc1-2. The molecule has 1 aliphatic rings.